The van der Waals surface area contributed by atoms with Gasteiger partial charge >= 0.3 is 0 Å². The fourth-order valence-electron chi connectivity index (χ4n) is 3.18. The molecule has 2 rings (SSSR count). The summed E-state index contributed by atoms with van der Waals surface area (Å²) in [6.45, 7) is 3.53. The van der Waals surface area contributed by atoms with Gasteiger partial charge in [0.05, 0.1) is 0 Å². The second-order valence-electron chi connectivity index (χ2n) is 6.37. The maximum Gasteiger partial charge on any atom is 0.126 e. The van der Waals surface area contributed by atoms with Crippen molar-refractivity contribution < 1.29 is 4.39 Å². The molecule has 0 atom stereocenters. The van der Waals surface area contributed by atoms with E-state index in [1.165, 1.54) is 32.1 Å². The van der Waals surface area contributed by atoms with Crippen molar-refractivity contribution >= 4 is 0 Å². The average Bonchev–Trinajstić information content (AvgIpc) is 2.44. The Morgan fingerprint density at radius 2 is 1.90 bits per heavy atom. The molecule has 0 aliphatic heterocycles. The van der Waals surface area contributed by atoms with Crippen LogP contribution in [0.15, 0.2) is 18.2 Å². The van der Waals surface area contributed by atoms with Crippen molar-refractivity contribution in [2.75, 3.05) is 20.6 Å². The molecule has 1 aromatic rings. The summed E-state index contributed by atoms with van der Waals surface area (Å²) in [6.07, 6.45) is 6.52. The minimum atomic E-state index is -0.107. The average molecular weight is 278 g/mol. The van der Waals surface area contributed by atoms with E-state index >= 15 is 0 Å². The Bertz CT molecular complexity index is 437. The first kappa shape index (κ1) is 15.5. The van der Waals surface area contributed by atoms with Gasteiger partial charge in [-0.25, -0.2) is 4.39 Å². The topological polar surface area (TPSA) is 15.3 Å². The Morgan fingerprint density at radius 1 is 1.20 bits per heavy atom. The lowest BCUT2D eigenvalue weighted by atomic mass is 9.80. The van der Waals surface area contributed by atoms with Crippen molar-refractivity contribution in [3.8, 4) is 0 Å². The Hall–Kier alpha value is -0.930. The van der Waals surface area contributed by atoms with E-state index in [-0.39, 0.29) is 11.4 Å². The molecule has 20 heavy (non-hydrogen) atoms. The lowest BCUT2D eigenvalue weighted by molar-refractivity contribution is 0.0984. The van der Waals surface area contributed by atoms with Gasteiger partial charge in [0, 0.05) is 18.6 Å². The Balaban J connectivity index is 1.91. The maximum absolute atomic E-state index is 13.5. The summed E-state index contributed by atoms with van der Waals surface area (Å²) in [6, 6.07) is 5.51. The number of benzene rings is 1. The lowest BCUT2D eigenvalue weighted by Gasteiger charge is -2.43. The van der Waals surface area contributed by atoms with Gasteiger partial charge in [-0.05, 0) is 51.1 Å². The molecule has 1 N–H and O–H groups in total. The predicted molar refractivity (Wildman–Crippen MR) is 82.3 cm³/mol. The van der Waals surface area contributed by atoms with Gasteiger partial charge in [-0.2, -0.15) is 0 Å². The number of rotatable bonds is 5. The number of hydrogen-bond donors (Lipinski definition) is 1. The first-order chi connectivity index (χ1) is 9.53. The zero-order chi connectivity index (χ0) is 14.6. The molecular weight excluding hydrogens is 251 g/mol. The van der Waals surface area contributed by atoms with Crippen LogP contribution >= 0.6 is 0 Å². The van der Waals surface area contributed by atoms with Gasteiger partial charge in [-0.15, -0.1) is 0 Å². The highest BCUT2D eigenvalue weighted by atomic mass is 19.1. The van der Waals surface area contributed by atoms with Crippen LogP contribution in [-0.2, 0) is 6.54 Å². The molecule has 0 aromatic heterocycles. The molecule has 1 fully saturated rings. The van der Waals surface area contributed by atoms with E-state index in [2.05, 4.69) is 24.3 Å². The van der Waals surface area contributed by atoms with E-state index < -0.39 is 0 Å². The molecule has 0 amide bonds. The molecule has 3 heteroatoms. The van der Waals surface area contributed by atoms with E-state index in [9.17, 15) is 4.39 Å². The number of halogens is 1. The van der Waals surface area contributed by atoms with Crippen molar-refractivity contribution in [3.05, 3.63) is 35.1 Å². The van der Waals surface area contributed by atoms with Crippen LogP contribution in [0.4, 0.5) is 4.39 Å². The fraction of sp³-hybridized carbons (Fsp3) is 0.647. The maximum atomic E-state index is 13.5. The number of likely N-dealkylation sites (N-methyl/N-ethyl adjacent to an activating group) is 1. The molecule has 0 bridgehead atoms. The summed E-state index contributed by atoms with van der Waals surface area (Å²) >= 11 is 0. The van der Waals surface area contributed by atoms with Crippen LogP contribution in [0.25, 0.3) is 0 Å². The normalized spacial score (nSPS) is 18.4. The van der Waals surface area contributed by atoms with Crippen LogP contribution < -0.4 is 5.32 Å². The van der Waals surface area contributed by atoms with Gasteiger partial charge in [-0.3, -0.25) is 0 Å². The monoisotopic (exact) mass is 278 g/mol. The van der Waals surface area contributed by atoms with Crippen LogP contribution in [0, 0.1) is 12.7 Å². The lowest BCUT2D eigenvalue weighted by Crippen LogP contribution is -2.52. The van der Waals surface area contributed by atoms with Gasteiger partial charge in [-0.1, -0.05) is 31.4 Å². The molecule has 1 aliphatic carbocycles. The summed E-state index contributed by atoms with van der Waals surface area (Å²) < 4.78 is 13.5. The summed E-state index contributed by atoms with van der Waals surface area (Å²) in [5, 5.41) is 3.53. The number of hydrogen-bond acceptors (Lipinski definition) is 2. The zero-order valence-electron chi connectivity index (χ0n) is 13.0. The van der Waals surface area contributed by atoms with Gasteiger partial charge in [0.2, 0.25) is 0 Å². The number of nitrogens with one attached hydrogen (secondary N) is 1. The van der Waals surface area contributed by atoms with Crippen LogP contribution in [0.2, 0.25) is 0 Å². The fourth-order valence-corrected chi connectivity index (χ4v) is 3.18. The van der Waals surface area contributed by atoms with E-state index in [1.807, 2.05) is 12.1 Å². The zero-order valence-corrected chi connectivity index (χ0v) is 13.0. The van der Waals surface area contributed by atoms with Crippen LogP contribution in [-0.4, -0.2) is 31.1 Å². The van der Waals surface area contributed by atoms with Gasteiger partial charge in [0.15, 0.2) is 0 Å². The molecule has 0 radical (unpaired) electrons. The smallest absolute Gasteiger partial charge is 0.126 e. The minimum Gasteiger partial charge on any atom is -0.311 e. The van der Waals surface area contributed by atoms with Crippen molar-refractivity contribution in [2.45, 2.75) is 51.1 Å². The Kier molecular flexibility index (Phi) is 5.17. The quantitative estimate of drug-likeness (QED) is 0.887. The molecule has 0 heterocycles. The molecule has 0 saturated heterocycles. The highest BCUT2D eigenvalue weighted by Crippen LogP contribution is 2.31. The molecule has 0 unspecified atom stereocenters. The molecule has 0 spiro atoms. The Labute approximate surface area is 122 Å². The second-order valence-corrected chi connectivity index (χ2v) is 6.37. The summed E-state index contributed by atoms with van der Waals surface area (Å²) in [7, 11) is 4.36. The first-order valence-corrected chi connectivity index (χ1v) is 7.67. The van der Waals surface area contributed by atoms with Crippen molar-refractivity contribution in [2.24, 2.45) is 0 Å². The van der Waals surface area contributed by atoms with E-state index in [0.717, 1.165) is 18.7 Å². The molecule has 1 aromatic carbocycles. The molecule has 1 aliphatic rings. The van der Waals surface area contributed by atoms with E-state index in [4.69, 9.17) is 0 Å². The van der Waals surface area contributed by atoms with Gasteiger partial charge in [0.1, 0.15) is 5.82 Å². The molecular formula is C17H27FN2. The van der Waals surface area contributed by atoms with Crippen molar-refractivity contribution in [3.63, 3.8) is 0 Å². The largest absolute Gasteiger partial charge is 0.311 e. The third-order valence-corrected chi connectivity index (χ3v) is 4.75. The SMILES string of the molecule is Cc1ccc(CNCC2(N(C)C)CCCCC2)cc1F. The number of nitrogens with zero attached hydrogens (tertiary/aromatic N) is 1. The molecule has 1 saturated carbocycles. The molecule has 2 nitrogen and oxygen atoms in total. The van der Waals surface area contributed by atoms with Crippen molar-refractivity contribution in [1.82, 2.24) is 10.2 Å². The third-order valence-electron chi connectivity index (χ3n) is 4.75. The van der Waals surface area contributed by atoms with Crippen LogP contribution in [0.5, 0.6) is 0 Å². The summed E-state index contributed by atoms with van der Waals surface area (Å²) in [4.78, 5) is 2.37. The number of aryl methyl sites for hydroxylation is 1. The summed E-state index contributed by atoms with van der Waals surface area (Å²) in [5.41, 5.74) is 2.02. The van der Waals surface area contributed by atoms with E-state index in [1.54, 1.807) is 13.0 Å². The van der Waals surface area contributed by atoms with Gasteiger partial charge < -0.3 is 10.2 Å². The van der Waals surface area contributed by atoms with Crippen LogP contribution in [0.1, 0.15) is 43.2 Å². The summed E-state index contributed by atoms with van der Waals surface area (Å²) in [5.74, 6) is -0.107. The predicted octanol–water partition coefficient (Wildman–Crippen LogP) is 3.49. The first-order valence-electron chi connectivity index (χ1n) is 7.67. The standard InChI is InChI=1S/C17H27FN2/c1-14-7-8-15(11-16(14)18)12-19-13-17(20(2)3)9-5-4-6-10-17/h7-8,11,19H,4-6,9-10,12-13H2,1-3H3. The van der Waals surface area contributed by atoms with E-state index in [0.29, 0.717) is 5.56 Å². The van der Waals surface area contributed by atoms with Crippen LogP contribution in [0.3, 0.4) is 0 Å². The second kappa shape index (κ2) is 6.68. The highest BCUT2D eigenvalue weighted by molar-refractivity contribution is 5.23. The Morgan fingerprint density at radius 3 is 2.50 bits per heavy atom. The third kappa shape index (κ3) is 3.58. The van der Waals surface area contributed by atoms with Crippen molar-refractivity contribution in [1.29, 1.82) is 0 Å². The molecule has 112 valence electrons. The highest BCUT2D eigenvalue weighted by Gasteiger charge is 2.33. The minimum absolute atomic E-state index is 0.107. The van der Waals surface area contributed by atoms with Gasteiger partial charge in [0.25, 0.3) is 0 Å².